The van der Waals surface area contributed by atoms with E-state index in [2.05, 4.69) is 52.0 Å². The number of unbranched alkanes of at least 4 members (excludes halogenated alkanes) is 8. The van der Waals surface area contributed by atoms with Crippen molar-refractivity contribution in [1.82, 2.24) is 0 Å². The molecule has 0 atom stereocenters. The minimum absolute atomic E-state index is 0. The first-order valence-corrected chi connectivity index (χ1v) is 9.36. The van der Waals surface area contributed by atoms with Crippen LogP contribution in [0.1, 0.15) is 112 Å². The van der Waals surface area contributed by atoms with Crippen LogP contribution in [0.2, 0.25) is 0 Å². The van der Waals surface area contributed by atoms with Gasteiger partial charge in [-0.15, -0.1) is 0 Å². The molecule has 22 heavy (non-hydrogen) atoms. The van der Waals surface area contributed by atoms with Gasteiger partial charge in [0.25, 0.3) is 0 Å². The number of allylic oxidation sites excluding steroid dienone is 4. The molecule has 0 aromatic rings. The molecular weight excluding hydrogens is 264 g/mol. The number of hydrogen-bond acceptors (Lipinski definition) is 0. The lowest BCUT2D eigenvalue weighted by Crippen LogP contribution is -2.03. The van der Waals surface area contributed by atoms with Gasteiger partial charge in [-0.25, -0.2) is 0 Å². The summed E-state index contributed by atoms with van der Waals surface area (Å²) in [6.07, 6.45) is 25.4. The maximum atomic E-state index is 2.37. The maximum Gasteiger partial charge on any atom is -0.0169 e. The molecule has 0 rings (SSSR count). The second-order valence-corrected chi connectivity index (χ2v) is 7.54. The molecule has 0 aromatic carbocycles. The highest BCUT2D eigenvalue weighted by molar-refractivity contribution is 4.92. The van der Waals surface area contributed by atoms with Crippen LogP contribution in [-0.2, 0) is 0 Å². The zero-order valence-electron chi connectivity index (χ0n) is 15.3. The van der Waals surface area contributed by atoms with Crippen LogP contribution in [-0.4, -0.2) is 0 Å². The van der Waals surface area contributed by atoms with E-state index in [-0.39, 0.29) is 7.43 Å². The largest absolute Gasteiger partial charge is 0.0882 e. The molecule has 0 radical (unpaired) electrons. The summed E-state index contributed by atoms with van der Waals surface area (Å²) in [7, 11) is 0. The van der Waals surface area contributed by atoms with Gasteiger partial charge in [-0.05, 0) is 43.9 Å². The fourth-order valence-electron chi connectivity index (χ4n) is 2.47. The lowest BCUT2D eigenvalue weighted by molar-refractivity contribution is 0.356. The van der Waals surface area contributed by atoms with Gasteiger partial charge in [0.05, 0.1) is 0 Å². The van der Waals surface area contributed by atoms with Crippen LogP contribution in [0.4, 0.5) is 0 Å². The standard InChI is InChI=1S/C21H40.CH4/c1-5-6-7-8-9-10-11-12-13-14-15-16-17-18-19-20-21(2,3)4;/h9-10,12-13H,5-8,11,14-20H2,1-4H3;1H4/b10-9-,13-12-;. The van der Waals surface area contributed by atoms with Gasteiger partial charge in [-0.2, -0.15) is 0 Å². The van der Waals surface area contributed by atoms with Gasteiger partial charge in [0.1, 0.15) is 0 Å². The summed E-state index contributed by atoms with van der Waals surface area (Å²) < 4.78 is 0. The first-order chi connectivity index (χ1) is 10.1. The second-order valence-electron chi connectivity index (χ2n) is 7.54. The first-order valence-electron chi connectivity index (χ1n) is 9.36. The Morgan fingerprint density at radius 3 is 1.68 bits per heavy atom. The van der Waals surface area contributed by atoms with Gasteiger partial charge >= 0.3 is 0 Å². The monoisotopic (exact) mass is 308 g/mol. The highest BCUT2D eigenvalue weighted by Crippen LogP contribution is 2.22. The van der Waals surface area contributed by atoms with E-state index in [1.54, 1.807) is 0 Å². The van der Waals surface area contributed by atoms with Crippen molar-refractivity contribution in [3.8, 4) is 0 Å². The third-order valence-electron chi connectivity index (χ3n) is 3.88. The van der Waals surface area contributed by atoms with Crippen molar-refractivity contribution < 1.29 is 0 Å². The van der Waals surface area contributed by atoms with Crippen molar-refractivity contribution in [2.45, 2.75) is 112 Å². The first kappa shape index (κ1) is 23.7. The predicted molar refractivity (Wildman–Crippen MR) is 106 cm³/mol. The summed E-state index contributed by atoms with van der Waals surface area (Å²) >= 11 is 0. The molecule has 0 saturated carbocycles. The van der Waals surface area contributed by atoms with E-state index >= 15 is 0 Å². The van der Waals surface area contributed by atoms with Gasteiger partial charge in [-0.1, -0.05) is 98.0 Å². The molecule has 0 unspecified atom stereocenters. The molecule has 0 spiro atoms. The molecule has 0 nitrogen and oxygen atoms in total. The summed E-state index contributed by atoms with van der Waals surface area (Å²) in [5.74, 6) is 0. The highest BCUT2D eigenvalue weighted by atomic mass is 14.1. The van der Waals surface area contributed by atoms with Crippen molar-refractivity contribution in [1.29, 1.82) is 0 Å². The Hall–Kier alpha value is -0.520. The van der Waals surface area contributed by atoms with Gasteiger partial charge in [-0.3, -0.25) is 0 Å². The van der Waals surface area contributed by atoms with E-state index in [9.17, 15) is 0 Å². The summed E-state index contributed by atoms with van der Waals surface area (Å²) in [5.41, 5.74) is 0.521. The molecule has 0 aliphatic rings. The van der Waals surface area contributed by atoms with Crippen molar-refractivity contribution in [2.24, 2.45) is 5.41 Å². The fraction of sp³-hybridized carbons (Fsp3) is 0.818. The number of hydrogen-bond donors (Lipinski definition) is 0. The topological polar surface area (TPSA) is 0 Å². The van der Waals surface area contributed by atoms with E-state index in [1.165, 1.54) is 70.6 Å². The highest BCUT2D eigenvalue weighted by Gasteiger charge is 2.08. The van der Waals surface area contributed by atoms with Crippen LogP contribution in [0.5, 0.6) is 0 Å². The van der Waals surface area contributed by atoms with Crippen molar-refractivity contribution >= 4 is 0 Å². The van der Waals surface area contributed by atoms with E-state index in [4.69, 9.17) is 0 Å². The molecule has 132 valence electrons. The molecule has 0 heteroatoms. The lowest BCUT2D eigenvalue weighted by Gasteiger charge is -2.17. The lowest BCUT2D eigenvalue weighted by atomic mass is 9.89. The Labute approximate surface area is 142 Å². The van der Waals surface area contributed by atoms with Gasteiger partial charge in [0, 0.05) is 0 Å². The summed E-state index contributed by atoms with van der Waals surface area (Å²) in [6.45, 7) is 9.29. The quantitative estimate of drug-likeness (QED) is 0.236. The smallest absolute Gasteiger partial charge is 0.0169 e. The van der Waals surface area contributed by atoms with Crippen LogP contribution >= 0.6 is 0 Å². The Morgan fingerprint density at radius 2 is 1.14 bits per heavy atom. The summed E-state index contributed by atoms with van der Waals surface area (Å²) in [4.78, 5) is 0. The van der Waals surface area contributed by atoms with Gasteiger partial charge in [0.15, 0.2) is 0 Å². The molecule has 0 saturated heterocycles. The average molecular weight is 309 g/mol. The molecule has 0 bridgehead atoms. The molecule has 0 amide bonds. The van der Waals surface area contributed by atoms with Crippen LogP contribution in [0.25, 0.3) is 0 Å². The van der Waals surface area contributed by atoms with Crippen LogP contribution in [0.3, 0.4) is 0 Å². The van der Waals surface area contributed by atoms with Gasteiger partial charge < -0.3 is 0 Å². The summed E-state index contributed by atoms with van der Waals surface area (Å²) in [5, 5.41) is 0. The van der Waals surface area contributed by atoms with Crippen LogP contribution in [0.15, 0.2) is 24.3 Å². The zero-order valence-corrected chi connectivity index (χ0v) is 15.3. The molecule has 0 aliphatic heterocycles. The Morgan fingerprint density at radius 1 is 0.636 bits per heavy atom. The minimum atomic E-state index is 0. The third kappa shape index (κ3) is 21.8. The fourth-order valence-corrected chi connectivity index (χ4v) is 2.47. The summed E-state index contributed by atoms with van der Waals surface area (Å²) in [6, 6.07) is 0. The molecule has 0 fully saturated rings. The normalized spacial score (nSPS) is 12.2. The SMILES string of the molecule is C.CCCCC/C=C\C/C=C\CCCCCCCC(C)(C)C. The van der Waals surface area contributed by atoms with E-state index in [1.807, 2.05) is 0 Å². The third-order valence-corrected chi connectivity index (χ3v) is 3.88. The molecule has 0 N–H and O–H groups in total. The van der Waals surface area contributed by atoms with Crippen molar-refractivity contribution in [3.05, 3.63) is 24.3 Å². The molecule has 0 aliphatic carbocycles. The maximum absolute atomic E-state index is 2.37. The van der Waals surface area contributed by atoms with E-state index in [0.717, 1.165) is 6.42 Å². The molecular formula is C22H44. The Bertz CT molecular complexity index is 252. The van der Waals surface area contributed by atoms with E-state index < -0.39 is 0 Å². The molecule has 0 aromatic heterocycles. The molecule has 0 heterocycles. The number of rotatable bonds is 13. The van der Waals surface area contributed by atoms with Crippen molar-refractivity contribution in [2.75, 3.05) is 0 Å². The average Bonchev–Trinajstić information content (AvgIpc) is 2.42. The predicted octanol–water partition coefficient (Wildman–Crippen LogP) is 8.48. The van der Waals surface area contributed by atoms with Crippen LogP contribution in [0, 0.1) is 5.41 Å². The van der Waals surface area contributed by atoms with Crippen molar-refractivity contribution in [3.63, 3.8) is 0 Å². The zero-order chi connectivity index (χ0) is 15.8. The second kappa shape index (κ2) is 16.8. The van der Waals surface area contributed by atoms with Gasteiger partial charge in [0.2, 0.25) is 0 Å². The van der Waals surface area contributed by atoms with E-state index in [0.29, 0.717) is 5.41 Å². The Balaban J connectivity index is 0. The minimum Gasteiger partial charge on any atom is -0.0882 e. The van der Waals surface area contributed by atoms with Crippen LogP contribution < -0.4 is 0 Å². The Kier molecular flexibility index (Phi) is 18.2.